The molecule has 2 rings (SSSR count). The molecular weight excluding hydrogens is 447 g/mol. The number of alkyl halides is 5. The van der Waals surface area contributed by atoms with Crippen molar-refractivity contribution < 1.29 is 36.2 Å². The molecule has 9 heteroatoms. The maximum absolute atomic E-state index is 14.3. The highest BCUT2D eigenvalue weighted by Crippen LogP contribution is 2.37. The van der Waals surface area contributed by atoms with Crippen LogP contribution in [0.5, 0.6) is 5.75 Å². The molecule has 0 amide bonds. The minimum Gasteiger partial charge on any atom is -0.429 e. The van der Waals surface area contributed by atoms with Gasteiger partial charge in [-0.1, -0.05) is 32.9 Å². The summed E-state index contributed by atoms with van der Waals surface area (Å²) in [4.78, 5) is 0. The molecule has 2 aromatic rings. The van der Waals surface area contributed by atoms with Gasteiger partial charge in [-0.15, -0.1) is 0 Å². The summed E-state index contributed by atoms with van der Waals surface area (Å²) in [6, 6.07) is 8.03. The molecule has 1 N–H and O–H groups in total. The summed E-state index contributed by atoms with van der Waals surface area (Å²) < 4.78 is 77.2. The standard InChI is InChI=1S/C23H29F5O3Si/c1-21(2,3)32(4,5)30-15-14-20(29)16-6-12-19(13-7-16)31-23(27,28)18-10-8-17(9-11-18)22(24,25)26/h6-13,20,29H,14-15H2,1-5H3. The monoisotopic (exact) mass is 476 g/mol. The Morgan fingerprint density at radius 1 is 0.844 bits per heavy atom. The van der Waals surface area contributed by atoms with E-state index in [1.807, 2.05) is 0 Å². The van der Waals surface area contributed by atoms with E-state index in [1.165, 1.54) is 24.3 Å². The molecule has 32 heavy (non-hydrogen) atoms. The summed E-state index contributed by atoms with van der Waals surface area (Å²) >= 11 is 0. The van der Waals surface area contributed by atoms with Crippen molar-refractivity contribution in [1.29, 1.82) is 0 Å². The Bertz CT molecular complexity index is 872. The van der Waals surface area contributed by atoms with E-state index in [-0.39, 0.29) is 10.8 Å². The van der Waals surface area contributed by atoms with Crippen LogP contribution in [0.15, 0.2) is 48.5 Å². The van der Waals surface area contributed by atoms with Crippen molar-refractivity contribution in [3.63, 3.8) is 0 Å². The van der Waals surface area contributed by atoms with Crippen LogP contribution in [0.2, 0.25) is 18.1 Å². The van der Waals surface area contributed by atoms with Crippen LogP contribution in [0, 0.1) is 0 Å². The molecule has 0 aliphatic heterocycles. The third-order valence-corrected chi connectivity index (χ3v) is 10.3. The van der Waals surface area contributed by atoms with Crippen LogP contribution in [0.25, 0.3) is 0 Å². The fraction of sp³-hybridized carbons (Fsp3) is 0.478. The summed E-state index contributed by atoms with van der Waals surface area (Å²) in [5.74, 6) is -0.177. The first-order valence-electron chi connectivity index (χ1n) is 10.2. The SMILES string of the molecule is CC(C)(C)[Si](C)(C)OCCC(O)c1ccc(OC(F)(F)c2ccc(C(F)(F)F)cc2)cc1. The first-order valence-corrected chi connectivity index (χ1v) is 13.1. The molecule has 0 aliphatic carbocycles. The molecule has 0 aromatic heterocycles. The van der Waals surface area contributed by atoms with Crippen molar-refractivity contribution in [1.82, 2.24) is 0 Å². The van der Waals surface area contributed by atoms with Gasteiger partial charge >= 0.3 is 12.3 Å². The van der Waals surface area contributed by atoms with E-state index < -0.39 is 37.8 Å². The lowest BCUT2D eigenvalue weighted by Gasteiger charge is -2.36. The van der Waals surface area contributed by atoms with Crippen molar-refractivity contribution in [3.8, 4) is 5.75 Å². The van der Waals surface area contributed by atoms with E-state index in [9.17, 15) is 27.1 Å². The average Bonchev–Trinajstić information content (AvgIpc) is 2.66. The Kier molecular flexibility index (Phi) is 7.79. The van der Waals surface area contributed by atoms with Gasteiger partial charge in [0, 0.05) is 6.61 Å². The van der Waals surface area contributed by atoms with Crippen LogP contribution in [0.3, 0.4) is 0 Å². The topological polar surface area (TPSA) is 38.7 Å². The molecule has 1 atom stereocenters. The number of ether oxygens (including phenoxy) is 1. The van der Waals surface area contributed by atoms with Gasteiger partial charge < -0.3 is 14.3 Å². The summed E-state index contributed by atoms with van der Waals surface area (Å²) in [5, 5.41) is 10.4. The summed E-state index contributed by atoms with van der Waals surface area (Å²) in [7, 11) is -1.93. The molecule has 0 aliphatic rings. The van der Waals surface area contributed by atoms with Gasteiger partial charge in [0.05, 0.1) is 17.2 Å². The highest BCUT2D eigenvalue weighted by Gasteiger charge is 2.38. The van der Waals surface area contributed by atoms with Crippen LogP contribution < -0.4 is 4.74 Å². The lowest BCUT2D eigenvalue weighted by molar-refractivity contribution is -0.185. The van der Waals surface area contributed by atoms with E-state index in [0.717, 1.165) is 0 Å². The minimum atomic E-state index is -4.61. The second kappa shape index (κ2) is 9.49. The van der Waals surface area contributed by atoms with Gasteiger partial charge in [-0.3, -0.25) is 0 Å². The van der Waals surface area contributed by atoms with Gasteiger partial charge in [-0.05, 0) is 66.5 Å². The maximum atomic E-state index is 14.3. The number of halogens is 5. The third kappa shape index (κ3) is 6.76. The quantitative estimate of drug-likeness (QED) is 0.321. The van der Waals surface area contributed by atoms with Crippen molar-refractivity contribution in [2.45, 2.75) is 63.7 Å². The fourth-order valence-corrected chi connectivity index (χ4v) is 3.69. The largest absolute Gasteiger partial charge is 0.429 e. The number of rotatable bonds is 8. The number of aliphatic hydroxyl groups excluding tert-OH is 1. The molecule has 0 fully saturated rings. The lowest BCUT2D eigenvalue weighted by Crippen LogP contribution is -2.41. The molecule has 178 valence electrons. The van der Waals surface area contributed by atoms with Gasteiger partial charge in [0.1, 0.15) is 5.75 Å². The van der Waals surface area contributed by atoms with Crippen molar-refractivity contribution in [2.24, 2.45) is 0 Å². The summed E-state index contributed by atoms with van der Waals surface area (Å²) in [6.07, 6.45) is -8.90. The number of benzene rings is 2. The molecule has 0 heterocycles. The molecule has 0 saturated heterocycles. The van der Waals surface area contributed by atoms with E-state index in [4.69, 9.17) is 9.16 Å². The molecule has 0 bridgehead atoms. The Labute approximate surface area is 186 Å². The third-order valence-electron chi connectivity index (χ3n) is 5.72. The van der Waals surface area contributed by atoms with Crippen molar-refractivity contribution in [2.75, 3.05) is 6.61 Å². The molecule has 3 nitrogen and oxygen atoms in total. The molecule has 0 radical (unpaired) electrons. The lowest BCUT2D eigenvalue weighted by atomic mass is 10.1. The molecular formula is C23H29F5O3Si. The first kappa shape index (κ1) is 26.3. The van der Waals surface area contributed by atoms with Crippen LogP contribution >= 0.6 is 0 Å². The van der Waals surface area contributed by atoms with Crippen LogP contribution in [-0.4, -0.2) is 20.0 Å². The van der Waals surface area contributed by atoms with E-state index in [1.54, 1.807) is 0 Å². The van der Waals surface area contributed by atoms with E-state index in [0.29, 0.717) is 42.9 Å². The van der Waals surface area contributed by atoms with Crippen LogP contribution in [0.1, 0.15) is 50.0 Å². The van der Waals surface area contributed by atoms with Gasteiger partial charge in [0.2, 0.25) is 0 Å². The van der Waals surface area contributed by atoms with E-state index in [2.05, 4.69) is 33.9 Å². The number of hydrogen-bond acceptors (Lipinski definition) is 3. The Morgan fingerprint density at radius 3 is 1.81 bits per heavy atom. The van der Waals surface area contributed by atoms with Gasteiger partial charge in [0.15, 0.2) is 8.32 Å². The Balaban J connectivity index is 1.98. The smallest absolute Gasteiger partial charge is 0.426 e. The predicted molar refractivity (Wildman–Crippen MR) is 115 cm³/mol. The molecule has 2 aromatic carbocycles. The maximum Gasteiger partial charge on any atom is 0.426 e. The number of aliphatic hydroxyl groups is 1. The average molecular weight is 477 g/mol. The van der Waals surface area contributed by atoms with Gasteiger partial charge in [0.25, 0.3) is 0 Å². The van der Waals surface area contributed by atoms with Crippen molar-refractivity contribution in [3.05, 3.63) is 65.2 Å². The number of hydrogen-bond donors (Lipinski definition) is 1. The normalized spacial score (nSPS) is 14.3. The molecule has 0 spiro atoms. The van der Waals surface area contributed by atoms with Crippen LogP contribution in [-0.2, 0) is 16.7 Å². The zero-order valence-corrected chi connectivity index (χ0v) is 19.8. The fourth-order valence-electron chi connectivity index (χ4n) is 2.63. The highest BCUT2D eigenvalue weighted by atomic mass is 28.4. The zero-order chi connectivity index (χ0) is 24.4. The first-order chi connectivity index (χ1) is 14.5. The Morgan fingerprint density at radius 2 is 1.34 bits per heavy atom. The van der Waals surface area contributed by atoms with E-state index >= 15 is 0 Å². The van der Waals surface area contributed by atoms with Gasteiger partial charge in [-0.2, -0.15) is 22.0 Å². The molecule has 0 saturated carbocycles. The second-order valence-corrected chi connectivity index (χ2v) is 14.0. The van der Waals surface area contributed by atoms with Crippen LogP contribution in [0.4, 0.5) is 22.0 Å². The van der Waals surface area contributed by atoms with Gasteiger partial charge in [-0.25, -0.2) is 0 Å². The summed E-state index contributed by atoms with van der Waals surface area (Å²) in [5.41, 5.74) is -1.20. The second-order valence-electron chi connectivity index (χ2n) is 9.18. The zero-order valence-electron chi connectivity index (χ0n) is 18.8. The Hall–Kier alpha value is -1.97. The molecule has 1 unspecified atom stereocenters. The predicted octanol–water partition coefficient (Wildman–Crippen LogP) is 7.28. The minimum absolute atomic E-state index is 0.0508. The van der Waals surface area contributed by atoms with Crippen molar-refractivity contribution >= 4 is 8.32 Å². The highest BCUT2D eigenvalue weighted by molar-refractivity contribution is 6.74. The summed E-state index contributed by atoms with van der Waals surface area (Å²) in [6.45, 7) is 11.0.